The van der Waals surface area contributed by atoms with Gasteiger partial charge in [0, 0.05) is 11.6 Å². The minimum absolute atomic E-state index is 0.0292. The quantitative estimate of drug-likeness (QED) is 0.861. The van der Waals surface area contributed by atoms with E-state index in [-0.39, 0.29) is 16.5 Å². The van der Waals surface area contributed by atoms with Gasteiger partial charge in [-0.2, -0.15) is 13.2 Å². The number of benzene rings is 2. The highest BCUT2D eigenvalue weighted by Crippen LogP contribution is 2.36. The molecule has 5 nitrogen and oxygen atoms in total. The predicted octanol–water partition coefficient (Wildman–Crippen LogP) is 3.12. The van der Waals surface area contributed by atoms with E-state index in [4.69, 9.17) is 0 Å². The number of alkyl halides is 3. The molecule has 0 unspecified atom stereocenters. The van der Waals surface area contributed by atoms with E-state index in [2.05, 4.69) is 0 Å². The summed E-state index contributed by atoms with van der Waals surface area (Å²) in [5.74, 6) is -0.920. The molecule has 1 N–H and O–H groups in total. The molecule has 2 aromatic carbocycles. The van der Waals surface area contributed by atoms with E-state index in [1.54, 1.807) is 24.4 Å². The van der Waals surface area contributed by atoms with Gasteiger partial charge in [0.05, 0.1) is 10.6 Å². The molecule has 27 heavy (non-hydrogen) atoms. The zero-order chi connectivity index (χ0) is 19.8. The molecule has 1 aliphatic rings. The Hall–Kier alpha value is -2.55. The molecule has 0 saturated carbocycles. The van der Waals surface area contributed by atoms with E-state index >= 15 is 0 Å². The summed E-state index contributed by atoms with van der Waals surface area (Å²) in [6.07, 6.45) is -3.93. The molecule has 3 rings (SSSR count). The number of carbonyl (C=O) groups excluding carboxylic acids is 1. The Bertz CT molecular complexity index is 957. The van der Waals surface area contributed by atoms with Gasteiger partial charge >= 0.3 is 6.18 Å². The first-order valence-corrected chi connectivity index (χ1v) is 9.61. The monoisotopic (exact) mass is 398 g/mol. The van der Waals surface area contributed by atoms with Crippen LogP contribution in [0.2, 0.25) is 0 Å². The van der Waals surface area contributed by atoms with Crippen LogP contribution in [0.5, 0.6) is 0 Å². The Morgan fingerprint density at radius 3 is 2.41 bits per heavy atom. The molecule has 2 aromatic rings. The van der Waals surface area contributed by atoms with Gasteiger partial charge in [0.1, 0.15) is 6.54 Å². The fourth-order valence-corrected chi connectivity index (χ4v) is 4.77. The van der Waals surface area contributed by atoms with Crippen molar-refractivity contribution in [2.24, 2.45) is 0 Å². The van der Waals surface area contributed by atoms with Crippen LogP contribution in [-0.2, 0) is 16.4 Å². The second-order valence-corrected chi connectivity index (χ2v) is 8.12. The average molecular weight is 398 g/mol. The Balaban J connectivity index is 1.83. The van der Waals surface area contributed by atoms with Crippen molar-refractivity contribution in [3.63, 3.8) is 0 Å². The smallest absolute Gasteiger partial charge is 0.343 e. The summed E-state index contributed by atoms with van der Waals surface area (Å²) < 4.78 is 63.9. The molecule has 0 bridgehead atoms. The molecule has 0 aromatic heterocycles. The number of hydrogen-bond acceptors (Lipinski definition) is 3. The van der Waals surface area contributed by atoms with Crippen LogP contribution in [0, 0.1) is 0 Å². The molecule has 1 aliphatic heterocycles. The zero-order valence-electron chi connectivity index (χ0n) is 14.3. The van der Waals surface area contributed by atoms with Crippen molar-refractivity contribution >= 4 is 21.6 Å². The highest BCUT2D eigenvalue weighted by molar-refractivity contribution is 7.92. The Kier molecular flexibility index (Phi) is 4.90. The number of carbonyl (C=O) groups is 1. The van der Waals surface area contributed by atoms with Crippen LogP contribution in [0.25, 0.3) is 0 Å². The SMILES string of the molecule is C[C@@H]1Cc2ccccc2N1S(=O)(=O)c1ccc(C(=O)NCC(F)(F)F)cc1. The van der Waals surface area contributed by atoms with Crippen LogP contribution in [0.3, 0.4) is 0 Å². The number of hydrogen-bond donors (Lipinski definition) is 1. The molecule has 1 atom stereocenters. The summed E-state index contributed by atoms with van der Waals surface area (Å²) >= 11 is 0. The summed E-state index contributed by atoms with van der Waals surface area (Å²) in [4.78, 5) is 11.7. The number of para-hydroxylation sites is 1. The van der Waals surface area contributed by atoms with Crippen molar-refractivity contribution in [2.75, 3.05) is 10.8 Å². The van der Waals surface area contributed by atoms with Gasteiger partial charge in [-0.15, -0.1) is 0 Å². The number of halogens is 3. The van der Waals surface area contributed by atoms with Crippen molar-refractivity contribution in [3.05, 3.63) is 59.7 Å². The summed E-state index contributed by atoms with van der Waals surface area (Å²) in [7, 11) is -3.86. The van der Waals surface area contributed by atoms with E-state index in [1.807, 2.05) is 12.1 Å². The summed E-state index contributed by atoms with van der Waals surface area (Å²) in [5, 5.41) is 1.75. The summed E-state index contributed by atoms with van der Waals surface area (Å²) in [6, 6.07) is 11.8. The van der Waals surface area contributed by atoms with Crippen molar-refractivity contribution in [1.29, 1.82) is 0 Å². The third-order valence-electron chi connectivity index (χ3n) is 4.27. The lowest BCUT2D eigenvalue weighted by Gasteiger charge is -2.24. The predicted molar refractivity (Wildman–Crippen MR) is 94.1 cm³/mol. The first-order chi connectivity index (χ1) is 12.6. The van der Waals surface area contributed by atoms with Gasteiger partial charge in [-0.25, -0.2) is 8.42 Å². The Labute approximate surface area is 154 Å². The highest BCUT2D eigenvalue weighted by Gasteiger charge is 2.36. The molecule has 0 saturated heterocycles. The fraction of sp³-hybridized carbons (Fsp3) is 0.278. The van der Waals surface area contributed by atoms with Crippen LogP contribution in [-0.4, -0.2) is 33.1 Å². The first-order valence-electron chi connectivity index (χ1n) is 8.17. The van der Waals surface area contributed by atoms with Crippen molar-refractivity contribution in [3.8, 4) is 0 Å². The van der Waals surface area contributed by atoms with Gasteiger partial charge in [-0.05, 0) is 49.2 Å². The molecule has 1 amide bonds. The van der Waals surface area contributed by atoms with Gasteiger partial charge in [0.25, 0.3) is 15.9 Å². The lowest BCUT2D eigenvalue weighted by atomic mass is 10.1. The third kappa shape index (κ3) is 3.92. The first kappa shape index (κ1) is 19.2. The Morgan fingerprint density at radius 1 is 1.15 bits per heavy atom. The van der Waals surface area contributed by atoms with Gasteiger partial charge < -0.3 is 5.32 Å². The summed E-state index contributed by atoms with van der Waals surface area (Å²) in [5.41, 5.74) is 1.49. The van der Waals surface area contributed by atoms with Crippen LogP contribution in [0.15, 0.2) is 53.4 Å². The maximum atomic E-state index is 13.0. The van der Waals surface area contributed by atoms with Gasteiger partial charge in [0.2, 0.25) is 0 Å². The third-order valence-corrected chi connectivity index (χ3v) is 6.21. The van der Waals surface area contributed by atoms with Crippen molar-refractivity contribution < 1.29 is 26.4 Å². The second-order valence-electron chi connectivity index (χ2n) is 6.30. The van der Waals surface area contributed by atoms with Crippen LogP contribution >= 0.6 is 0 Å². The fourth-order valence-electron chi connectivity index (χ4n) is 3.08. The number of nitrogens with zero attached hydrogens (tertiary/aromatic N) is 1. The van der Waals surface area contributed by atoms with E-state index in [9.17, 15) is 26.4 Å². The number of amides is 1. The molecular weight excluding hydrogens is 381 g/mol. The summed E-state index contributed by atoms with van der Waals surface area (Å²) in [6.45, 7) is 0.352. The van der Waals surface area contributed by atoms with E-state index in [0.29, 0.717) is 12.1 Å². The molecule has 0 radical (unpaired) electrons. The molecular formula is C18H17F3N2O3S. The Morgan fingerprint density at radius 2 is 1.78 bits per heavy atom. The van der Waals surface area contributed by atoms with Crippen LogP contribution < -0.4 is 9.62 Å². The maximum Gasteiger partial charge on any atom is 0.405 e. The lowest BCUT2D eigenvalue weighted by molar-refractivity contribution is -0.123. The van der Waals surface area contributed by atoms with E-state index in [0.717, 1.165) is 5.56 Å². The minimum atomic E-state index is -4.52. The standard InChI is InChI=1S/C18H17F3N2O3S/c1-12-10-14-4-2-3-5-16(14)23(12)27(25,26)15-8-6-13(7-9-15)17(24)22-11-18(19,20)21/h2-9,12H,10-11H2,1H3,(H,22,24)/t12-/m1/s1. The van der Waals surface area contributed by atoms with Crippen LogP contribution in [0.4, 0.5) is 18.9 Å². The van der Waals surface area contributed by atoms with Gasteiger partial charge in [-0.3, -0.25) is 9.10 Å². The number of fused-ring (bicyclic) bond motifs is 1. The minimum Gasteiger partial charge on any atom is -0.343 e. The highest BCUT2D eigenvalue weighted by atomic mass is 32.2. The van der Waals surface area contributed by atoms with Crippen LogP contribution in [0.1, 0.15) is 22.8 Å². The second kappa shape index (κ2) is 6.88. The zero-order valence-corrected chi connectivity index (χ0v) is 15.1. The van der Waals surface area contributed by atoms with Crippen molar-refractivity contribution in [2.45, 2.75) is 30.5 Å². The topological polar surface area (TPSA) is 66.5 Å². The molecule has 9 heteroatoms. The number of anilines is 1. The molecule has 0 aliphatic carbocycles. The van der Waals surface area contributed by atoms with Gasteiger partial charge in [-0.1, -0.05) is 18.2 Å². The number of sulfonamides is 1. The number of rotatable bonds is 4. The molecule has 0 spiro atoms. The normalized spacial score (nSPS) is 16.9. The largest absolute Gasteiger partial charge is 0.405 e. The average Bonchev–Trinajstić information content (AvgIpc) is 2.95. The van der Waals surface area contributed by atoms with E-state index in [1.165, 1.54) is 28.6 Å². The molecule has 144 valence electrons. The van der Waals surface area contributed by atoms with Gasteiger partial charge in [0.15, 0.2) is 0 Å². The van der Waals surface area contributed by atoms with Crippen molar-refractivity contribution in [1.82, 2.24) is 5.32 Å². The lowest BCUT2D eigenvalue weighted by Crippen LogP contribution is -2.36. The maximum absolute atomic E-state index is 13.0. The molecule has 1 heterocycles. The number of nitrogens with one attached hydrogen (secondary N) is 1. The van der Waals surface area contributed by atoms with E-state index < -0.39 is 28.7 Å². The molecule has 0 fully saturated rings.